The van der Waals surface area contributed by atoms with E-state index >= 15 is 0 Å². The monoisotopic (exact) mass is 1670 g/mol. The van der Waals surface area contributed by atoms with E-state index in [2.05, 4.69) is 501 Å². The second-order valence-corrected chi connectivity index (χ2v) is 35.5. The summed E-state index contributed by atoms with van der Waals surface area (Å²) in [5, 5.41) is 44.4. The SMILES string of the molecule is Cc1c2ccccc2c(-c2cc3cc4ccccc4cc3c3ccccc23)c2ccccc12.Cc1c2ccccc2c(-c2cc3ccccc3c3ccccc23)c2ccccc12.Cc1c2ccccc2c(-c2ccc3cc(-c4ccccc4)ccc3c2)c2ccccc12.Cc1c2ccccc2c(-c2cccc3c2ccc2c(-c4ccccc4)c4ccccc4cc23)c2ccccc12. The second kappa shape index (κ2) is 32.9. The number of aryl methyl sites for hydroxylation is 4. The number of rotatable bonds is 6. The molecule has 0 atom stereocenters. The highest BCUT2D eigenvalue weighted by Gasteiger charge is 2.23. The van der Waals surface area contributed by atoms with Gasteiger partial charge in [0.15, 0.2) is 0 Å². The van der Waals surface area contributed by atoms with Gasteiger partial charge in [-0.25, -0.2) is 0 Å². The molecule has 0 radical (unpaired) electrons. The summed E-state index contributed by atoms with van der Waals surface area (Å²) in [6, 6.07) is 173. The lowest BCUT2D eigenvalue weighted by atomic mass is 9.85. The van der Waals surface area contributed by atoms with E-state index in [0.29, 0.717) is 0 Å². The van der Waals surface area contributed by atoms with Crippen LogP contribution in [0.5, 0.6) is 0 Å². The van der Waals surface area contributed by atoms with Crippen LogP contribution in [0.1, 0.15) is 22.3 Å². The van der Waals surface area contributed by atoms with Crippen LogP contribution in [-0.2, 0) is 0 Å². The summed E-state index contributed by atoms with van der Waals surface area (Å²) < 4.78 is 0. The van der Waals surface area contributed by atoms with Gasteiger partial charge in [0.2, 0.25) is 0 Å². The summed E-state index contributed by atoms with van der Waals surface area (Å²) in [6.07, 6.45) is 0. The maximum Gasteiger partial charge on any atom is -0.00202 e. The van der Waals surface area contributed by atoms with Crippen molar-refractivity contribution in [3.63, 3.8) is 0 Å². The summed E-state index contributed by atoms with van der Waals surface area (Å²) in [7, 11) is 0. The van der Waals surface area contributed by atoms with Gasteiger partial charge in [-0.1, -0.05) is 431 Å². The molecule has 0 spiro atoms. The first kappa shape index (κ1) is 78.8. The highest BCUT2D eigenvalue weighted by atomic mass is 14.3. The molecule has 0 nitrogen and oxygen atoms in total. The summed E-state index contributed by atoms with van der Waals surface area (Å²) >= 11 is 0. The van der Waals surface area contributed by atoms with Crippen molar-refractivity contribution < 1.29 is 0 Å². The van der Waals surface area contributed by atoms with Gasteiger partial charge in [-0.05, 0) is 342 Å². The molecule has 0 bridgehead atoms. The zero-order valence-electron chi connectivity index (χ0n) is 74.0. The van der Waals surface area contributed by atoms with Gasteiger partial charge >= 0.3 is 0 Å². The Bertz CT molecular complexity index is 9150. The lowest BCUT2D eigenvalue weighted by Crippen LogP contribution is -1.91. The van der Waals surface area contributed by atoms with Gasteiger partial charge in [0.1, 0.15) is 0 Å². The zero-order chi connectivity index (χ0) is 88.0. The minimum Gasteiger partial charge on any atom is -0.0622 e. The summed E-state index contributed by atoms with van der Waals surface area (Å²) in [5.41, 5.74) is 21.0. The quantitative estimate of drug-likeness (QED) is 0.115. The highest BCUT2D eigenvalue weighted by Crippen LogP contribution is 2.50. The Labute approximate surface area is 767 Å². The van der Waals surface area contributed by atoms with Crippen molar-refractivity contribution in [1.29, 1.82) is 0 Å². The van der Waals surface area contributed by atoms with Crippen molar-refractivity contribution in [1.82, 2.24) is 0 Å². The Morgan fingerprint density at radius 2 is 0.356 bits per heavy atom. The molecule has 0 saturated heterocycles. The smallest absolute Gasteiger partial charge is 0.00202 e. The molecule has 618 valence electrons. The van der Waals surface area contributed by atoms with Crippen molar-refractivity contribution in [2.24, 2.45) is 0 Å². The third kappa shape index (κ3) is 13.4. The van der Waals surface area contributed by atoms with Crippen LogP contribution in [-0.4, -0.2) is 0 Å². The van der Waals surface area contributed by atoms with Crippen LogP contribution >= 0.6 is 0 Å². The number of hydrogen-bond donors (Lipinski definition) is 0. The van der Waals surface area contributed by atoms with Crippen LogP contribution in [0.15, 0.2) is 473 Å². The first-order valence-electron chi connectivity index (χ1n) is 46.1. The number of benzene rings is 27. The maximum absolute atomic E-state index is 2.41. The van der Waals surface area contributed by atoms with Gasteiger partial charge in [0.05, 0.1) is 0 Å². The third-order valence-corrected chi connectivity index (χ3v) is 28.3. The second-order valence-electron chi connectivity index (χ2n) is 35.5. The Morgan fingerprint density at radius 3 is 0.803 bits per heavy atom. The molecule has 0 aromatic heterocycles. The molecular weight excluding hydrogens is 1590 g/mol. The molecule has 0 aliphatic heterocycles. The first-order chi connectivity index (χ1) is 65.2. The molecule has 27 aromatic carbocycles. The van der Waals surface area contributed by atoms with E-state index < -0.39 is 0 Å². The van der Waals surface area contributed by atoms with Crippen molar-refractivity contribution in [2.75, 3.05) is 0 Å². The van der Waals surface area contributed by atoms with Gasteiger partial charge in [-0.3, -0.25) is 0 Å². The van der Waals surface area contributed by atoms with E-state index in [1.165, 1.54) is 272 Å². The predicted octanol–water partition coefficient (Wildman–Crippen LogP) is 37.6. The average molecular weight is 1680 g/mol. The van der Waals surface area contributed by atoms with Crippen LogP contribution in [0, 0.1) is 27.7 Å². The molecule has 0 aliphatic rings. The fraction of sp³-hybridized carbons (Fsp3) is 0.0303. The lowest BCUT2D eigenvalue weighted by molar-refractivity contribution is 1.58. The fourth-order valence-corrected chi connectivity index (χ4v) is 22.1. The molecule has 0 N–H and O–H groups in total. The Balaban J connectivity index is 0.0000000977. The van der Waals surface area contributed by atoms with Gasteiger partial charge in [-0.15, -0.1) is 0 Å². The normalized spacial score (nSPS) is 11.6. The van der Waals surface area contributed by atoms with E-state index in [1.807, 2.05) is 0 Å². The molecule has 27 rings (SSSR count). The zero-order valence-corrected chi connectivity index (χ0v) is 74.0. The molecular formula is C132H90. The van der Waals surface area contributed by atoms with Crippen LogP contribution < -0.4 is 0 Å². The highest BCUT2D eigenvalue weighted by molar-refractivity contribution is 6.28. The van der Waals surface area contributed by atoms with Gasteiger partial charge in [0, 0.05) is 0 Å². The standard InChI is InChI=1S/C39H26.C33H22.C31H22.C29H20/c1-25-28-15-7-9-18-33(28)39(34-19-10-8-16-29(25)34)35-21-11-20-31-32(35)22-23-36-37(31)24-27-14-5-6-17-30(27)38(36)26-12-3-2-4-13-26;1-21-25-12-4-8-16-29(25)33(30-17-9-5-13-26(21)30)32-20-24-18-22-10-2-3-11-23(22)19-31(24)27-14-6-7-15-28(27)32;1-21-27-11-5-7-13-29(27)31(30-14-8-6-12-28(21)30)26-18-17-24-19-23(15-16-25(24)20-26)22-9-3-2-4-10-22;1-19-21-11-4-8-16-26(21)29(27-17-9-5-12-22(19)27)28-18-20-10-2-3-13-23(20)24-14-6-7-15-25(24)28/h2-24H,1H3;2-20H,1H3;2-20H,1H3;2-18H,1H3. The Morgan fingerprint density at radius 1 is 0.0985 bits per heavy atom. The third-order valence-electron chi connectivity index (χ3n) is 28.3. The van der Waals surface area contributed by atoms with E-state index in [-0.39, 0.29) is 0 Å². The van der Waals surface area contributed by atoms with E-state index in [0.717, 1.165) is 0 Å². The van der Waals surface area contributed by atoms with Crippen molar-refractivity contribution >= 4 is 183 Å². The minimum absolute atomic E-state index is 1.25. The summed E-state index contributed by atoms with van der Waals surface area (Å²) in [6.45, 7) is 8.98. The van der Waals surface area contributed by atoms with E-state index in [9.17, 15) is 0 Å². The van der Waals surface area contributed by atoms with Crippen molar-refractivity contribution in [3.05, 3.63) is 495 Å². The topological polar surface area (TPSA) is 0 Å². The van der Waals surface area contributed by atoms with E-state index in [4.69, 9.17) is 0 Å². The minimum atomic E-state index is 1.25. The molecule has 132 heavy (non-hydrogen) atoms. The summed E-state index contributed by atoms with van der Waals surface area (Å²) in [5.74, 6) is 0. The first-order valence-corrected chi connectivity index (χ1v) is 46.1. The molecule has 0 heterocycles. The maximum atomic E-state index is 2.41. The van der Waals surface area contributed by atoms with E-state index in [1.54, 1.807) is 0 Å². The van der Waals surface area contributed by atoms with Crippen LogP contribution in [0.25, 0.3) is 250 Å². The fourth-order valence-electron chi connectivity index (χ4n) is 22.1. The largest absolute Gasteiger partial charge is 0.0622 e. The summed E-state index contributed by atoms with van der Waals surface area (Å²) in [4.78, 5) is 0. The molecule has 0 amide bonds. The lowest BCUT2D eigenvalue weighted by Gasteiger charge is -2.18. The van der Waals surface area contributed by atoms with Crippen LogP contribution in [0.2, 0.25) is 0 Å². The average Bonchev–Trinajstić information content (AvgIpc) is 0.731. The Kier molecular flexibility index (Phi) is 19.6. The molecule has 0 heteroatoms. The Hall–Kier alpha value is -16.6. The van der Waals surface area contributed by atoms with Crippen LogP contribution in [0.3, 0.4) is 0 Å². The van der Waals surface area contributed by atoms with Gasteiger partial charge < -0.3 is 0 Å². The van der Waals surface area contributed by atoms with Crippen LogP contribution in [0.4, 0.5) is 0 Å². The molecule has 27 aromatic rings. The predicted molar refractivity (Wildman–Crippen MR) is 575 cm³/mol. The van der Waals surface area contributed by atoms with Gasteiger partial charge in [-0.2, -0.15) is 0 Å². The van der Waals surface area contributed by atoms with Crippen molar-refractivity contribution in [2.45, 2.75) is 27.7 Å². The number of fused-ring (bicyclic) bond motifs is 20. The molecule has 0 fully saturated rings. The number of hydrogen-bond acceptors (Lipinski definition) is 0. The molecule has 0 saturated carbocycles. The molecule has 0 aliphatic carbocycles. The van der Waals surface area contributed by atoms with Gasteiger partial charge in [0.25, 0.3) is 0 Å². The van der Waals surface area contributed by atoms with Crippen molar-refractivity contribution in [3.8, 4) is 66.8 Å². The molecule has 0 unspecified atom stereocenters.